The van der Waals surface area contributed by atoms with E-state index in [0.29, 0.717) is 39.2 Å². The summed E-state index contributed by atoms with van der Waals surface area (Å²) in [5.41, 5.74) is 3.06. The highest BCUT2D eigenvalue weighted by atomic mass is 16.5. The molecular formula is C24H30N2O4. The van der Waals surface area contributed by atoms with Gasteiger partial charge in [-0.25, -0.2) is 0 Å². The average Bonchev–Trinajstić information content (AvgIpc) is 2.76. The summed E-state index contributed by atoms with van der Waals surface area (Å²) in [6.45, 7) is 6.36. The van der Waals surface area contributed by atoms with Gasteiger partial charge < -0.3 is 24.4 Å². The molecular weight excluding hydrogens is 380 g/mol. The van der Waals surface area contributed by atoms with Crippen LogP contribution in [0, 0.1) is 0 Å². The molecule has 0 saturated heterocycles. The van der Waals surface area contributed by atoms with Crippen molar-refractivity contribution in [3.8, 4) is 5.75 Å². The molecule has 1 amide bonds. The number of rotatable bonds is 9. The van der Waals surface area contributed by atoms with Crippen LogP contribution in [0.25, 0.3) is 0 Å². The minimum absolute atomic E-state index is 0.0724. The van der Waals surface area contributed by atoms with Crippen molar-refractivity contribution >= 4 is 11.6 Å². The van der Waals surface area contributed by atoms with Crippen molar-refractivity contribution in [3.05, 3.63) is 72.3 Å². The summed E-state index contributed by atoms with van der Waals surface area (Å²) in [4.78, 5) is 16.5. The van der Waals surface area contributed by atoms with Gasteiger partial charge in [-0.1, -0.05) is 36.4 Å². The van der Waals surface area contributed by atoms with Crippen molar-refractivity contribution in [1.82, 2.24) is 4.90 Å². The third-order valence-corrected chi connectivity index (χ3v) is 5.14. The van der Waals surface area contributed by atoms with Crippen LogP contribution >= 0.6 is 0 Å². The number of β-amino-alcohol motifs (C(OH)–C–C–N with tert-alkyl or cyclic N) is 1. The molecule has 0 saturated carbocycles. The van der Waals surface area contributed by atoms with Crippen molar-refractivity contribution in [1.29, 1.82) is 0 Å². The first-order valence-electron chi connectivity index (χ1n) is 10.2. The normalized spacial score (nSPS) is 15.2. The van der Waals surface area contributed by atoms with Crippen LogP contribution in [0.15, 0.2) is 61.2 Å². The molecule has 1 N–H and O–H groups in total. The van der Waals surface area contributed by atoms with Crippen molar-refractivity contribution in [2.24, 2.45) is 0 Å². The standard InChI is InChI=1S/C24H30N2O4/c1-3-12-26-15-20-14-22(29-2)9-10-23(20)25(13-11-24(26)28)16-21(27)18-30-17-19-7-5-4-6-8-19/h3-10,14,21,27H,1,11-13,15-18H2,2H3/t21-/m1/s1. The third kappa shape index (κ3) is 5.84. The number of anilines is 1. The number of carbonyl (C=O) groups is 1. The molecule has 1 aliphatic heterocycles. The monoisotopic (exact) mass is 410 g/mol. The van der Waals surface area contributed by atoms with Crippen LogP contribution in [-0.4, -0.2) is 55.4 Å². The van der Waals surface area contributed by atoms with Crippen LogP contribution in [-0.2, 0) is 22.7 Å². The zero-order valence-electron chi connectivity index (χ0n) is 17.5. The Balaban J connectivity index is 1.69. The lowest BCUT2D eigenvalue weighted by atomic mass is 10.1. The first-order chi connectivity index (χ1) is 14.6. The van der Waals surface area contributed by atoms with Gasteiger partial charge in [0.2, 0.25) is 5.91 Å². The Morgan fingerprint density at radius 1 is 1.20 bits per heavy atom. The third-order valence-electron chi connectivity index (χ3n) is 5.14. The Bertz CT molecular complexity index is 840. The fourth-order valence-corrected chi connectivity index (χ4v) is 3.63. The first-order valence-corrected chi connectivity index (χ1v) is 10.2. The van der Waals surface area contributed by atoms with Crippen LogP contribution < -0.4 is 9.64 Å². The summed E-state index contributed by atoms with van der Waals surface area (Å²) in [5, 5.41) is 10.6. The van der Waals surface area contributed by atoms with E-state index in [-0.39, 0.29) is 12.5 Å². The quantitative estimate of drug-likeness (QED) is 0.644. The average molecular weight is 411 g/mol. The largest absolute Gasteiger partial charge is 0.497 e. The molecule has 0 spiro atoms. The van der Waals surface area contributed by atoms with Crippen molar-refractivity contribution in [2.45, 2.75) is 25.7 Å². The molecule has 30 heavy (non-hydrogen) atoms. The number of fused-ring (bicyclic) bond motifs is 1. The second kappa shape index (κ2) is 10.8. The molecule has 1 aliphatic rings. The lowest BCUT2D eigenvalue weighted by molar-refractivity contribution is -0.131. The number of methoxy groups -OCH3 is 1. The summed E-state index contributed by atoms with van der Waals surface area (Å²) in [6, 6.07) is 15.7. The highest BCUT2D eigenvalue weighted by molar-refractivity contribution is 5.78. The number of nitrogens with zero attached hydrogens (tertiary/aromatic N) is 2. The van der Waals surface area contributed by atoms with E-state index >= 15 is 0 Å². The fraction of sp³-hybridized carbons (Fsp3) is 0.375. The molecule has 6 nitrogen and oxygen atoms in total. The SMILES string of the molecule is C=CCN1Cc2cc(OC)ccc2N(C[C@@H](O)COCc2ccccc2)CCC1=O. The van der Waals surface area contributed by atoms with Crippen molar-refractivity contribution < 1.29 is 19.4 Å². The van der Waals surface area contributed by atoms with Gasteiger partial charge in [-0.05, 0) is 29.3 Å². The summed E-state index contributed by atoms with van der Waals surface area (Å²) in [6.07, 6.45) is 1.46. The summed E-state index contributed by atoms with van der Waals surface area (Å²) >= 11 is 0. The Morgan fingerprint density at radius 3 is 2.73 bits per heavy atom. The van der Waals surface area contributed by atoms with E-state index in [0.717, 1.165) is 22.6 Å². The van der Waals surface area contributed by atoms with Gasteiger partial charge in [-0.2, -0.15) is 0 Å². The van der Waals surface area contributed by atoms with E-state index in [2.05, 4.69) is 11.5 Å². The number of aliphatic hydroxyl groups excluding tert-OH is 1. The van der Waals surface area contributed by atoms with Gasteiger partial charge in [0.05, 0.1) is 26.4 Å². The molecule has 0 aliphatic carbocycles. The van der Waals surface area contributed by atoms with Gasteiger partial charge in [-0.3, -0.25) is 4.79 Å². The lowest BCUT2D eigenvalue weighted by Gasteiger charge is -2.34. The van der Waals surface area contributed by atoms with Crippen LogP contribution in [0.5, 0.6) is 5.75 Å². The van der Waals surface area contributed by atoms with Crippen molar-refractivity contribution in [2.75, 3.05) is 38.3 Å². The number of aliphatic hydroxyl groups is 1. The van der Waals surface area contributed by atoms with Gasteiger partial charge in [0.25, 0.3) is 0 Å². The van der Waals surface area contributed by atoms with E-state index in [1.165, 1.54) is 0 Å². The van der Waals surface area contributed by atoms with E-state index in [9.17, 15) is 9.90 Å². The van der Waals surface area contributed by atoms with E-state index in [1.807, 2.05) is 48.5 Å². The molecule has 0 fully saturated rings. The zero-order valence-corrected chi connectivity index (χ0v) is 17.5. The van der Waals surface area contributed by atoms with E-state index in [4.69, 9.17) is 9.47 Å². The Kier molecular flexibility index (Phi) is 7.88. The van der Waals surface area contributed by atoms with E-state index in [1.54, 1.807) is 18.1 Å². The Hall–Kier alpha value is -2.83. The van der Waals surface area contributed by atoms with Gasteiger partial charge >= 0.3 is 0 Å². The molecule has 1 heterocycles. The number of hydrogen-bond donors (Lipinski definition) is 1. The highest BCUT2D eigenvalue weighted by Gasteiger charge is 2.24. The lowest BCUT2D eigenvalue weighted by Crippen LogP contribution is -2.41. The molecule has 0 radical (unpaired) electrons. The van der Waals surface area contributed by atoms with Gasteiger partial charge in [-0.15, -0.1) is 6.58 Å². The Morgan fingerprint density at radius 2 is 2.00 bits per heavy atom. The summed E-state index contributed by atoms with van der Waals surface area (Å²) in [5.74, 6) is 0.815. The Labute approximate surface area is 178 Å². The van der Waals surface area contributed by atoms with Crippen LogP contribution in [0.1, 0.15) is 17.5 Å². The zero-order chi connectivity index (χ0) is 21.3. The number of carbonyl (C=O) groups excluding carboxylic acids is 1. The van der Waals surface area contributed by atoms with Gasteiger partial charge in [0.1, 0.15) is 5.75 Å². The maximum Gasteiger partial charge on any atom is 0.224 e. The highest BCUT2D eigenvalue weighted by Crippen LogP contribution is 2.29. The summed E-state index contributed by atoms with van der Waals surface area (Å²) in [7, 11) is 1.63. The molecule has 0 bridgehead atoms. The molecule has 1 atom stereocenters. The molecule has 0 unspecified atom stereocenters. The number of ether oxygens (including phenoxy) is 2. The molecule has 2 aromatic carbocycles. The van der Waals surface area contributed by atoms with Crippen LogP contribution in [0.2, 0.25) is 0 Å². The minimum atomic E-state index is -0.664. The van der Waals surface area contributed by atoms with Gasteiger partial charge in [0.15, 0.2) is 0 Å². The van der Waals surface area contributed by atoms with Crippen LogP contribution in [0.3, 0.4) is 0 Å². The second-order valence-electron chi connectivity index (χ2n) is 7.41. The second-order valence-corrected chi connectivity index (χ2v) is 7.41. The number of hydrogen-bond acceptors (Lipinski definition) is 5. The minimum Gasteiger partial charge on any atom is -0.497 e. The van der Waals surface area contributed by atoms with Crippen molar-refractivity contribution in [3.63, 3.8) is 0 Å². The topological polar surface area (TPSA) is 62.2 Å². The molecule has 3 rings (SSSR count). The molecule has 0 aromatic heterocycles. The smallest absolute Gasteiger partial charge is 0.224 e. The predicted octanol–water partition coefficient (Wildman–Crippen LogP) is 3.00. The maximum absolute atomic E-state index is 12.6. The van der Waals surface area contributed by atoms with Gasteiger partial charge in [0, 0.05) is 38.3 Å². The molecule has 6 heteroatoms. The van der Waals surface area contributed by atoms with Crippen LogP contribution in [0.4, 0.5) is 5.69 Å². The first kappa shape index (κ1) is 21.9. The predicted molar refractivity (Wildman–Crippen MR) is 118 cm³/mol. The number of benzene rings is 2. The molecule has 160 valence electrons. The summed E-state index contributed by atoms with van der Waals surface area (Å²) < 4.78 is 11.1. The maximum atomic E-state index is 12.6. The fourth-order valence-electron chi connectivity index (χ4n) is 3.63. The van der Waals surface area contributed by atoms with E-state index < -0.39 is 6.10 Å². The number of amides is 1. The molecule has 2 aromatic rings.